The lowest BCUT2D eigenvalue weighted by molar-refractivity contribution is 0.397. The summed E-state index contributed by atoms with van der Waals surface area (Å²) in [5, 5.41) is -0.160. The Morgan fingerprint density at radius 2 is 2.15 bits per heavy atom. The van der Waals surface area contributed by atoms with E-state index in [1.54, 1.807) is 0 Å². The Morgan fingerprint density at radius 1 is 1.45 bits per heavy atom. The number of nitrogens with two attached hydrogens (primary N) is 1. The van der Waals surface area contributed by atoms with Crippen molar-refractivity contribution in [1.82, 2.24) is 19.5 Å². The first-order valence-electron chi connectivity index (χ1n) is 5.21. The molecule has 0 saturated carbocycles. The third kappa shape index (κ3) is 2.75. The van der Waals surface area contributed by atoms with Crippen LogP contribution in [0.3, 0.4) is 0 Å². The Hall–Kier alpha value is -2.07. The maximum Gasteiger partial charge on any atom is 0.283 e. The van der Waals surface area contributed by atoms with E-state index < -0.39 is 10.0 Å². The highest BCUT2D eigenvalue weighted by Crippen LogP contribution is 2.21. The number of nitrogens with one attached hydrogen (secondary N) is 1. The molecule has 0 unspecified atom stereocenters. The molecule has 2 aromatic rings. The third-order valence-electron chi connectivity index (χ3n) is 2.27. The quantitative estimate of drug-likeness (QED) is 0.774. The van der Waals surface area contributed by atoms with Crippen LogP contribution in [0.25, 0.3) is 0 Å². The first-order chi connectivity index (χ1) is 9.33. The average molecular weight is 319 g/mol. The predicted octanol–water partition coefficient (Wildman–Crippen LogP) is 0.255. The SMILES string of the molecule is COc1cc(Cl)nc(NS(=O)(=O)c2c(N)ncn2C)n1. The summed E-state index contributed by atoms with van der Waals surface area (Å²) >= 11 is 5.74. The Bertz CT molecular complexity index is 725. The summed E-state index contributed by atoms with van der Waals surface area (Å²) in [6.45, 7) is 0. The van der Waals surface area contributed by atoms with E-state index in [1.807, 2.05) is 0 Å². The summed E-state index contributed by atoms with van der Waals surface area (Å²) in [6.07, 6.45) is 1.28. The van der Waals surface area contributed by atoms with Crippen molar-refractivity contribution in [1.29, 1.82) is 0 Å². The first-order valence-corrected chi connectivity index (χ1v) is 7.08. The van der Waals surface area contributed by atoms with Gasteiger partial charge < -0.3 is 15.0 Å². The van der Waals surface area contributed by atoms with E-state index in [0.29, 0.717) is 0 Å². The van der Waals surface area contributed by atoms with Gasteiger partial charge >= 0.3 is 0 Å². The lowest BCUT2D eigenvalue weighted by Crippen LogP contribution is -2.19. The van der Waals surface area contributed by atoms with Crippen molar-refractivity contribution in [3.8, 4) is 5.88 Å². The molecule has 2 aromatic heterocycles. The fourth-order valence-electron chi connectivity index (χ4n) is 1.48. The minimum atomic E-state index is -3.99. The molecule has 0 fully saturated rings. The van der Waals surface area contributed by atoms with Crippen molar-refractivity contribution in [3.05, 3.63) is 17.5 Å². The van der Waals surface area contributed by atoms with Gasteiger partial charge in [0.25, 0.3) is 10.0 Å². The number of ether oxygens (including phenoxy) is 1. The van der Waals surface area contributed by atoms with Crippen molar-refractivity contribution < 1.29 is 13.2 Å². The number of aryl methyl sites for hydroxylation is 1. The topological polar surface area (TPSA) is 125 Å². The second kappa shape index (κ2) is 5.13. The van der Waals surface area contributed by atoms with Gasteiger partial charge in [-0.05, 0) is 0 Å². The minimum Gasteiger partial charge on any atom is -0.481 e. The number of hydrogen-bond acceptors (Lipinski definition) is 7. The molecule has 0 aliphatic heterocycles. The molecule has 0 amide bonds. The van der Waals surface area contributed by atoms with Crippen LogP contribution in [0.5, 0.6) is 5.88 Å². The summed E-state index contributed by atoms with van der Waals surface area (Å²) in [6, 6.07) is 1.35. The zero-order valence-corrected chi connectivity index (χ0v) is 12.1. The standard InChI is InChI=1S/C9H11ClN6O3S/c1-16-4-12-7(11)8(16)20(17,18)15-9-13-5(10)3-6(14-9)19-2/h3-4H,11H2,1-2H3,(H,13,14,15). The number of sulfonamides is 1. The van der Waals surface area contributed by atoms with Crippen molar-refractivity contribution >= 4 is 33.4 Å². The molecule has 3 N–H and O–H groups in total. The van der Waals surface area contributed by atoms with Crippen LogP contribution in [0.2, 0.25) is 5.15 Å². The number of halogens is 1. The molecule has 0 aliphatic rings. The fourth-order valence-corrected chi connectivity index (χ4v) is 2.84. The largest absolute Gasteiger partial charge is 0.481 e. The number of imidazole rings is 1. The molecular formula is C9H11ClN6O3S. The second-order valence-corrected chi connectivity index (χ2v) is 5.69. The molecule has 0 atom stereocenters. The van der Waals surface area contributed by atoms with Gasteiger partial charge in [-0.2, -0.15) is 13.4 Å². The summed E-state index contributed by atoms with van der Waals surface area (Å²) in [4.78, 5) is 11.3. The summed E-state index contributed by atoms with van der Waals surface area (Å²) in [7, 11) is -1.12. The number of rotatable bonds is 4. The molecule has 0 aromatic carbocycles. The molecule has 9 nitrogen and oxygen atoms in total. The molecule has 11 heteroatoms. The summed E-state index contributed by atoms with van der Waals surface area (Å²) in [5.41, 5.74) is 5.52. The highest BCUT2D eigenvalue weighted by molar-refractivity contribution is 7.92. The van der Waals surface area contributed by atoms with Gasteiger partial charge in [0.05, 0.1) is 13.4 Å². The van der Waals surface area contributed by atoms with Crippen molar-refractivity contribution in [2.24, 2.45) is 7.05 Å². The summed E-state index contributed by atoms with van der Waals surface area (Å²) in [5.74, 6) is -0.232. The highest BCUT2D eigenvalue weighted by Gasteiger charge is 2.24. The van der Waals surface area contributed by atoms with Crippen LogP contribution in [0, 0.1) is 0 Å². The monoisotopic (exact) mass is 318 g/mol. The van der Waals surface area contributed by atoms with E-state index in [-0.39, 0.29) is 27.8 Å². The van der Waals surface area contributed by atoms with Gasteiger partial charge in [0.15, 0.2) is 10.8 Å². The normalized spacial score (nSPS) is 11.3. The Kier molecular flexibility index (Phi) is 3.68. The second-order valence-electron chi connectivity index (χ2n) is 3.71. The van der Waals surface area contributed by atoms with Crippen LogP contribution in [-0.2, 0) is 17.1 Å². The predicted molar refractivity (Wildman–Crippen MR) is 72.0 cm³/mol. The van der Waals surface area contributed by atoms with Crippen LogP contribution in [0.4, 0.5) is 11.8 Å². The average Bonchev–Trinajstić information content (AvgIpc) is 2.68. The molecule has 0 radical (unpaired) electrons. The lowest BCUT2D eigenvalue weighted by Gasteiger charge is -2.08. The van der Waals surface area contributed by atoms with Crippen LogP contribution < -0.4 is 15.2 Å². The van der Waals surface area contributed by atoms with E-state index in [1.165, 1.54) is 31.1 Å². The molecule has 0 spiro atoms. The number of hydrogen-bond donors (Lipinski definition) is 2. The molecule has 108 valence electrons. The van der Waals surface area contributed by atoms with Crippen LogP contribution in [-0.4, -0.2) is 35.0 Å². The van der Waals surface area contributed by atoms with E-state index in [0.717, 1.165) is 0 Å². The van der Waals surface area contributed by atoms with Crippen LogP contribution in [0.1, 0.15) is 0 Å². The molecule has 20 heavy (non-hydrogen) atoms. The van der Waals surface area contributed by atoms with Gasteiger partial charge in [-0.15, -0.1) is 0 Å². The Labute approximate surface area is 119 Å². The molecular weight excluding hydrogens is 308 g/mol. The zero-order valence-electron chi connectivity index (χ0n) is 10.5. The Morgan fingerprint density at radius 3 is 2.70 bits per heavy atom. The fraction of sp³-hybridized carbons (Fsp3) is 0.222. The third-order valence-corrected chi connectivity index (χ3v) is 3.92. The van der Waals surface area contributed by atoms with Gasteiger partial charge in [0, 0.05) is 13.1 Å². The lowest BCUT2D eigenvalue weighted by atomic mass is 10.6. The minimum absolute atomic E-state index is 0.0347. The number of nitrogens with zero attached hydrogens (tertiary/aromatic N) is 4. The zero-order chi connectivity index (χ0) is 14.9. The maximum absolute atomic E-state index is 12.2. The summed E-state index contributed by atoms with van der Waals surface area (Å²) < 4.78 is 32.7. The maximum atomic E-state index is 12.2. The van der Waals surface area contributed by atoms with Crippen molar-refractivity contribution in [3.63, 3.8) is 0 Å². The van der Waals surface area contributed by atoms with E-state index in [9.17, 15) is 8.42 Å². The number of anilines is 2. The van der Waals surface area contributed by atoms with Gasteiger partial charge in [-0.1, -0.05) is 11.6 Å². The van der Waals surface area contributed by atoms with E-state index in [2.05, 4.69) is 19.7 Å². The molecule has 2 rings (SSSR count). The van der Waals surface area contributed by atoms with Gasteiger partial charge in [0.2, 0.25) is 11.8 Å². The highest BCUT2D eigenvalue weighted by atomic mass is 35.5. The van der Waals surface area contributed by atoms with Crippen LogP contribution >= 0.6 is 11.6 Å². The smallest absolute Gasteiger partial charge is 0.283 e. The molecule has 2 heterocycles. The molecule has 0 aliphatic carbocycles. The Balaban J connectivity index is 2.41. The van der Waals surface area contributed by atoms with E-state index in [4.69, 9.17) is 22.1 Å². The number of nitrogen functional groups attached to an aromatic ring is 1. The van der Waals surface area contributed by atoms with Gasteiger partial charge in [-0.25, -0.2) is 14.7 Å². The molecule has 0 bridgehead atoms. The number of aromatic nitrogens is 4. The van der Waals surface area contributed by atoms with Crippen LogP contribution in [0.15, 0.2) is 17.4 Å². The van der Waals surface area contributed by atoms with Crippen molar-refractivity contribution in [2.45, 2.75) is 5.03 Å². The van der Waals surface area contributed by atoms with Crippen molar-refractivity contribution in [2.75, 3.05) is 17.6 Å². The van der Waals surface area contributed by atoms with E-state index >= 15 is 0 Å². The molecule has 0 saturated heterocycles. The number of methoxy groups -OCH3 is 1. The van der Waals surface area contributed by atoms with Gasteiger partial charge in [-0.3, -0.25) is 0 Å². The first kappa shape index (κ1) is 14.3. The van der Waals surface area contributed by atoms with Gasteiger partial charge in [0.1, 0.15) is 5.15 Å².